The molecular formula is C18H32IN5O4. The van der Waals surface area contributed by atoms with Gasteiger partial charge in [-0.3, -0.25) is 14.7 Å². The average molecular weight is 509 g/mol. The Hall–Kier alpha value is -1.14. The van der Waals surface area contributed by atoms with E-state index < -0.39 is 0 Å². The van der Waals surface area contributed by atoms with Gasteiger partial charge in [-0.05, 0) is 32.1 Å². The standard InChI is InChI=1S/C18H31N5O4.HI/c1-19-17(20-7-10-23-16(24)12-21-18(23)25)22-8-5-14(6-9-22)27-13-15-4-2-3-11-26-15;/h14-15H,2-13H2,1H3,(H,19,20)(H,21,25);1H. The zero-order chi connectivity index (χ0) is 19.1. The van der Waals surface area contributed by atoms with Crippen LogP contribution in [0.5, 0.6) is 0 Å². The Balaban J connectivity index is 0.00000280. The van der Waals surface area contributed by atoms with Crippen molar-refractivity contribution in [2.24, 2.45) is 4.99 Å². The third-order valence-corrected chi connectivity index (χ3v) is 5.30. The summed E-state index contributed by atoms with van der Waals surface area (Å²) in [6.45, 7) is 4.22. The third kappa shape index (κ3) is 6.45. The molecule has 28 heavy (non-hydrogen) atoms. The van der Waals surface area contributed by atoms with Crippen LogP contribution in [0.4, 0.5) is 4.79 Å². The molecule has 160 valence electrons. The highest BCUT2D eigenvalue weighted by Crippen LogP contribution is 2.17. The number of aliphatic imine (C=N–C) groups is 1. The number of guanidine groups is 1. The van der Waals surface area contributed by atoms with Crippen molar-refractivity contribution in [3.63, 3.8) is 0 Å². The molecule has 9 nitrogen and oxygen atoms in total. The molecule has 3 fully saturated rings. The summed E-state index contributed by atoms with van der Waals surface area (Å²) in [5, 5.41) is 5.77. The second-order valence-corrected chi connectivity index (χ2v) is 7.19. The highest BCUT2D eigenvalue weighted by Gasteiger charge is 2.28. The molecule has 0 aromatic carbocycles. The predicted octanol–water partition coefficient (Wildman–Crippen LogP) is 0.782. The number of nitrogens with zero attached hydrogens (tertiary/aromatic N) is 3. The lowest BCUT2D eigenvalue weighted by Crippen LogP contribution is -2.49. The predicted molar refractivity (Wildman–Crippen MR) is 116 cm³/mol. The quantitative estimate of drug-likeness (QED) is 0.238. The summed E-state index contributed by atoms with van der Waals surface area (Å²) in [6.07, 6.45) is 5.96. The van der Waals surface area contributed by atoms with Crippen molar-refractivity contribution >= 4 is 41.9 Å². The van der Waals surface area contributed by atoms with Crippen LogP contribution in [0.25, 0.3) is 0 Å². The number of amides is 3. The highest BCUT2D eigenvalue weighted by molar-refractivity contribution is 14.0. The van der Waals surface area contributed by atoms with E-state index in [-0.39, 0.29) is 54.7 Å². The van der Waals surface area contributed by atoms with Gasteiger partial charge in [0.15, 0.2) is 5.96 Å². The number of hydrogen-bond acceptors (Lipinski definition) is 5. The molecule has 0 aromatic heterocycles. The molecule has 3 rings (SSSR count). The van der Waals surface area contributed by atoms with Gasteiger partial charge < -0.3 is 25.0 Å². The van der Waals surface area contributed by atoms with Gasteiger partial charge in [0.2, 0.25) is 5.91 Å². The maximum absolute atomic E-state index is 11.6. The number of piperidine rings is 1. The number of urea groups is 1. The molecule has 0 aliphatic carbocycles. The van der Waals surface area contributed by atoms with Crippen LogP contribution in [0.15, 0.2) is 4.99 Å². The number of hydrogen-bond donors (Lipinski definition) is 2. The molecule has 3 aliphatic heterocycles. The topological polar surface area (TPSA) is 95.5 Å². The van der Waals surface area contributed by atoms with Gasteiger partial charge in [-0.2, -0.15) is 0 Å². The van der Waals surface area contributed by atoms with Crippen LogP contribution >= 0.6 is 24.0 Å². The summed E-state index contributed by atoms with van der Waals surface area (Å²) in [5.74, 6) is 0.618. The maximum Gasteiger partial charge on any atom is 0.324 e. The van der Waals surface area contributed by atoms with Crippen molar-refractivity contribution < 1.29 is 19.1 Å². The Morgan fingerprint density at radius 2 is 2.07 bits per heavy atom. The van der Waals surface area contributed by atoms with Gasteiger partial charge in [0.1, 0.15) is 0 Å². The smallest absolute Gasteiger partial charge is 0.324 e. The van der Waals surface area contributed by atoms with E-state index in [9.17, 15) is 9.59 Å². The van der Waals surface area contributed by atoms with E-state index in [0.717, 1.165) is 51.3 Å². The minimum atomic E-state index is -0.323. The molecule has 10 heteroatoms. The zero-order valence-electron chi connectivity index (χ0n) is 16.5. The number of halogens is 1. The minimum absolute atomic E-state index is 0. The molecular weight excluding hydrogens is 477 g/mol. The van der Waals surface area contributed by atoms with Crippen molar-refractivity contribution in [3.05, 3.63) is 0 Å². The number of imide groups is 1. The van der Waals surface area contributed by atoms with Gasteiger partial charge in [0, 0.05) is 39.8 Å². The van der Waals surface area contributed by atoms with Gasteiger partial charge in [-0.25, -0.2) is 4.79 Å². The SMILES string of the molecule is CN=C(NCCN1C(=O)CNC1=O)N1CCC(OCC2CCCCO2)CC1.I. The Morgan fingerprint density at radius 3 is 2.68 bits per heavy atom. The first-order chi connectivity index (χ1) is 13.2. The molecule has 3 saturated heterocycles. The molecule has 2 N–H and O–H groups in total. The largest absolute Gasteiger partial charge is 0.376 e. The fraction of sp³-hybridized carbons (Fsp3) is 0.833. The maximum atomic E-state index is 11.6. The van der Waals surface area contributed by atoms with E-state index in [2.05, 4.69) is 20.5 Å². The van der Waals surface area contributed by atoms with Crippen LogP contribution in [0, 0.1) is 0 Å². The third-order valence-electron chi connectivity index (χ3n) is 5.30. The molecule has 3 amide bonds. The Labute approximate surface area is 183 Å². The molecule has 0 spiro atoms. The van der Waals surface area contributed by atoms with Crippen LogP contribution in [-0.4, -0.2) is 92.9 Å². The fourth-order valence-corrected chi connectivity index (χ4v) is 3.71. The summed E-state index contributed by atoms with van der Waals surface area (Å²) < 4.78 is 11.8. The molecule has 3 aliphatic rings. The number of carbonyl (C=O) groups is 2. The molecule has 1 unspecified atom stereocenters. The summed E-state index contributed by atoms with van der Waals surface area (Å²) in [6, 6.07) is -0.323. The van der Waals surface area contributed by atoms with Gasteiger partial charge in [-0.15, -0.1) is 24.0 Å². The van der Waals surface area contributed by atoms with Gasteiger partial charge >= 0.3 is 6.03 Å². The molecule has 0 saturated carbocycles. The van der Waals surface area contributed by atoms with Crippen LogP contribution in [0.3, 0.4) is 0 Å². The first-order valence-corrected chi connectivity index (χ1v) is 9.94. The van der Waals surface area contributed by atoms with E-state index in [1.807, 2.05) is 0 Å². The summed E-state index contributed by atoms with van der Waals surface area (Å²) in [5.41, 5.74) is 0. The second-order valence-electron chi connectivity index (χ2n) is 7.19. The molecule has 0 aromatic rings. The first kappa shape index (κ1) is 23.1. The van der Waals surface area contributed by atoms with Crippen molar-refractivity contribution in [1.29, 1.82) is 0 Å². The van der Waals surface area contributed by atoms with Gasteiger partial charge in [0.25, 0.3) is 0 Å². The molecule has 3 heterocycles. The van der Waals surface area contributed by atoms with Gasteiger partial charge in [0.05, 0.1) is 25.4 Å². The number of likely N-dealkylation sites (tertiary alicyclic amines) is 1. The number of ether oxygens (including phenoxy) is 2. The first-order valence-electron chi connectivity index (χ1n) is 9.94. The number of nitrogens with one attached hydrogen (secondary N) is 2. The monoisotopic (exact) mass is 509 g/mol. The van der Waals surface area contributed by atoms with E-state index in [1.54, 1.807) is 7.05 Å². The Bertz CT molecular complexity index is 532. The normalized spacial score (nSPS) is 24.2. The average Bonchev–Trinajstić information content (AvgIpc) is 3.03. The lowest BCUT2D eigenvalue weighted by atomic mass is 10.1. The van der Waals surface area contributed by atoms with Gasteiger partial charge in [-0.1, -0.05) is 0 Å². The van der Waals surface area contributed by atoms with Crippen molar-refractivity contribution in [1.82, 2.24) is 20.4 Å². The molecule has 0 bridgehead atoms. The summed E-state index contributed by atoms with van der Waals surface area (Å²) >= 11 is 0. The lowest BCUT2D eigenvalue weighted by Gasteiger charge is -2.35. The zero-order valence-corrected chi connectivity index (χ0v) is 18.9. The fourth-order valence-electron chi connectivity index (χ4n) is 3.71. The lowest BCUT2D eigenvalue weighted by molar-refractivity contribution is -0.124. The molecule has 1 atom stereocenters. The van der Waals surface area contributed by atoms with E-state index in [1.165, 1.54) is 11.3 Å². The number of rotatable bonds is 6. The van der Waals surface area contributed by atoms with Crippen molar-refractivity contribution in [2.75, 3.05) is 53.0 Å². The summed E-state index contributed by atoms with van der Waals surface area (Å²) in [4.78, 5) is 30.9. The van der Waals surface area contributed by atoms with Crippen molar-refractivity contribution in [3.8, 4) is 0 Å². The van der Waals surface area contributed by atoms with E-state index in [0.29, 0.717) is 19.7 Å². The van der Waals surface area contributed by atoms with E-state index >= 15 is 0 Å². The minimum Gasteiger partial charge on any atom is -0.376 e. The van der Waals surface area contributed by atoms with Crippen LogP contribution in [0.1, 0.15) is 32.1 Å². The number of carbonyl (C=O) groups excluding carboxylic acids is 2. The van der Waals surface area contributed by atoms with Crippen LogP contribution in [0.2, 0.25) is 0 Å². The van der Waals surface area contributed by atoms with E-state index in [4.69, 9.17) is 9.47 Å². The second kappa shape index (κ2) is 11.8. The highest BCUT2D eigenvalue weighted by atomic mass is 127. The summed E-state index contributed by atoms with van der Waals surface area (Å²) in [7, 11) is 1.75. The van der Waals surface area contributed by atoms with Crippen LogP contribution < -0.4 is 10.6 Å². The molecule has 0 radical (unpaired) electrons. The van der Waals surface area contributed by atoms with Crippen LogP contribution in [-0.2, 0) is 14.3 Å². The Kier molecular flexibility index (Phi) is 9.72. The van der Waals surface area contributed by atoms with Crippen molar-refractivity contribution in [2.45, 2.75) is 44.3 Å². The Morgan fingerprint density at radius 1 is 1.29 bits per heavy atom.